The number of hydrogen-bond donors (Lipinski definition) is 3. The third-order valence-electron chi connectivity index (χ3n) is 2.57. The number of carboxylic acids is 1. The van der Waals surface area contributed by atoms with Gasteiger partial charge in [0.15, 0.2) is 0 Å². The highest BCUT2D eigenvalue weighted by atomic mass is 19.1. The van der Waals surface area contributed by atoms with Gasteiger partial charge < -0.3 is 20.3 Å². The van der Waals surface area contributed by atoms with Crippen molar-refractivity contribution in [3.63, 3.8) is 0 Å². The van der Waals surface area contributed by atoms with Crippen molar-refractivity contribution in [2.24, 2.45) is 0 Å². The molecule has 0 radical (unpaired) electrons. The van der Waals surface area contributed by atoms with Crippen LogP contribution in [0.5, 0.6) is 0 Å². The molecule has 0 spiro atoms. The zero-order valence-corrected chi connectivity index (χ0v) is 11.0. The highest BCUT2D eigenvalue weighted by molar-refractivity contribution is 5.93. The molecule has 0 aliphatic heterocycles. The second kappa shape index (κ2) is 6.04. The fraction of sp³-hybridized carbons (Fsp3) is 0.154. The van der Waals surface area contributed by atoms with E-state index in [1.54, 1.807) is 13.0 Å². The van der Waals surface area contributed by atoms with E-state index in [4.69, 9.17) is 9.63 Å². The summed E-state index contributed by atoms with van der Waals surface area (Å²) < 4.78 is 18.3. The van der Waals surface area contributed by atoms with Gasteiger partial charge in [-0.2, -0.15) is 0 Å². The zero-order valence-electron chi connectivity index (χ0n) is 11.0. The van der Waals surface area contributed by atoms with Crippen LogP contribution >= 0.6 is 0 Å². The molecule has 2 rings (SSSR count). The van der Waals surface area contributed by atoms with Crippen LogP contribution in [-0.4, -0.2) is 22.3 Å². The molecular weight excluding hydrogens is 281 g/mol. The standard InChI is InChI=1S/C13H12FN3O4/c1-7-4-9(17-21-7)6-15-13(20)16-11-5-8(12(18)19)2-3-10(11)14/h2-5H,6H2,1H3,(H,18,19)(H2,15,16,20). The Morgan fingerprint density at radius 2 is 2.14 bits per heavy atom. The zero-order chi connectivity index (χ0) is 15.4. The maximum absolute atomic E-state index is 13.5. The molecule has 1 heterocycles. The van der Waals surface area contributed by atoms with E-state index in [9.17, 15) is 14.0 Å². The number of carbonyl (C=O) groups is 2. The summed E-state index contributed by atoms with van der Waals surface area (Å²) >= 11 is 0. The molecule has 1 aromatic carbocycles. The Labute approximate surface area is 118 Å². The molecule has 0 fully saturated rings. The molecule has 21 heavy (non-hydrogen) atoms. The smallest absolute Gasteiger partial charge is 0.335 e. The van der Waals surface area contributed by atoms with Crippen molar-refractivity contribution < 1.29 is 23.6 Å². The van der Waals surface area contributed by atoms with Crippen molar-refractivity contribution >= 4 is 17.7 Å². The molecule has 0 aliphatic rings. The number of aromatic carboxylic acids is 1. The summed E-state index contributed by atoms with van der Waals surface area (Å²) in [6.07, 6.45) is 0. The summed E-state index contributed by atoms with van der Waals surface area (Å²) in [6.45, 7) is 1.81. The maximum atomic E-state index is 13.5. The molecule has 7 nitrogen and oxygen atoms in total. The first-order valence-electron chi connectivity index (χ1n) is 5.95. The molecule has 2 amide bonds. The van der Waals surface area contributed by atoms with Crippen molar-refractivity contribution in [2.75, 3.05) is 5.32 Å². The van der Waals surface area contributed by atoms with Gasteiger partial charge in [0.1, 0.15) is 17.3 Å². The lowest BCUT2D eigenvalue weighted by atomic mass is 10.2. The molecule has 3 N–H and O–H groups in total. The van der Waals surface area contributed by atoms with Crippen LogP contribution in [0.1, 0.15) is 21.8 Å². The number of carbonyl (C=O) groups excluding carboxylic acids is 1. The minimum Gasteiger partial charge on any atom is -0.478 e. The number of urea groups is 1. The van der Waals surface area contributed by atoms with Crippen molar-refractivity contribution in [3.05, 3.63) is 47.1 Å². The van der Waals surface area contributed by atoms with Crippen LogP contribution in [0.15, 0.2) is 28.8 Å². The lowest BCUT2D eigenvalue weighted by Gasteiger charge is -2.08. The van der Waals surface area contributed by atoms with E-state index < -0.39 is 17.8 Å². The molecule has 110 valence electrons. The number of hydrogen-bond acceptors (Lipinski definition) is 4. The normalized spacial score (nSPS) is 10.2. The van der Waals surface area contributed by atoms with E-state index in [1.807, 2.05) is 0 Å². The summed E-state index contributed by atoms with van der Waals surface area (Å²) in [5.74, 6) is -1.34. The minimum absolute atomic E-state index is 0.101. The quantitative estimate of drug-likeness (QED) is 0.801. The van der Waals surface area contributed by atoms with E-state index in [1.165, 1.54) is 0 Å². The number of halogens is 1. The highest BCUT2D eigenvalue weighted by Gasteiger charge is 2.11. The van der Waals surface area contributed by atoms with Crippen molar-refractivity contribution in [3.8, 4) is 0 Å². The second-order valence-corrected chi connectivity index (χ2v) is 4.24. The summed E-state index contributed by atoms with van der Waals surface area (Å²) in [6, 6.07) is 4.08. The number of benzene rings is 1. The van der Waals surface area contributed by atoms with Gasteiger partial charge in [-0.05, 0) is 25.1 Å². The van der Waals surface area contributed by atoms with Gasteiger partial charge in [-0.25, -0.2) is 14.0 Å². The Morgan fingerprint density at radius 3 is 2.76 bits per heavy atom. The van der Waals surface area contributed by atoms with Crippen LogP contribution in [-0.2, 0) is 6.54 Å². The van der Waals surface area contributed by atoms with Gasteiger partial charge in [0.2, 0.25) is 0 Å². The molecule has 0 saturated carbocycles. The molecule has 0 atom stereocenters. The van der Waals surface area contributed by atoms with E-state index in [0.717, 1.165) is 18.2 Å². The number of carboxylic acid groups (broad SMARTS) is 1. The van der Waals surface area contributed by atoms with Crippen molar-refractivity contribution in [2.45, 2.75) is 13.5 Å². The fourth-order valence-corrected chi connectivity index (χ4v) is 1.59. The van der Waals surface area contributed by atoms with Crippen molar-refractivity contribution in [1.82, 2.24) is 10.5 Å². The first-order valence-corrected chi connectivity index (χ1v) is 5.95. The molecular formula is C13H12FN3O4. The molecule has 1 aromatic heterocycles. The fourth-order valence-electron chi connectivity index (χ4n) is 1.59. The molecule has 8 heteroatoms. The number of aromatic nitrogens is 1. The van der Waals surface area contributed by atoms with Crippen LogP contribution < -0.4 is 10.6 Å². The molecule has 0 bridgehead atoms. The predicted octanol–water partition coefficient (Wildman–Crippen LogP) is 2.14. The van der Waals surface area contributed by atoms with E-state index in [0.29, 0.717) is 11.5 Å². The SMILES string of the molecule is Cc1cc(CNC(=O)Nc2cc(C(=O)O)ccc2F)no1. The van der Waals surface area contributed by atoms with Gasteiger partial charge in [-0.1, -0.05) is 5.16 Å². The molecule has 2 aromatic rings. The summed E-state index contributed by atoms with van der Waals surface area (Å²) in [5, 5.41) is 17.2. The van der Waals surface area contributed by atoms with Gasteiger partial charge in [-0.15, -0.1) is 0 Å². The Kier molecular flexibility index (Phi) is 4.17. The second-order valence-electron chi connectivity index (χ2n) is 4.24. The topological polar surface area (TPSA) is 104 Å². The van der Waals surface area contributed by atoms with Gasteiger partial charge >= 0.3 is 12.0 Å². The third-order valence-corrected chi connectivity index (χ3v) is 2.57. The maximum Gasteiger partial charge on any atom is 0.335 e. The number of amides is 2. The van der Waals surface area contributed by atoms with Crippen LogP contribution in [0.4, 0.5) is 14.9 Å². The first kappa shape index (κ1) is 14.5. The van der Waals surface area contributed by atoms with Gasteiger partial charge in [0.25, 0.3) is 0 Å². The Hall–Kier alpha value is -2.90. The lowest BCUT2D eigenvalue weighted by molar-refractivity contribution is 0.0697. The minimum atomic E-state index is -1.21. The largest absolute Gasteiger partial charge is 0.478 e. The third kappa shape index (κ3) is 3.78. The van der Waals surface area contributed by atoms with Crippen LogP contribution in [0.25, 0.3) is 0 Å². The van der Waals surface area contributed by atoms with Crippen LogP contribution in [0.3, 0.4) is 0 Å². The molecule has 0 saturated heterocycles. The predicted molar refractivity (Wildman–Crippen MR) is 70.5 cm³/mol. The van der Waals surface area contributed by atoms with E-state index >= 15 is 0 Å². The monoisotopic (exact) mass is 293 g/mol. The number of aryl methyl sites for hydroxylation is 1. The van der Waals surface area contributed by atoms with Crippen LogP contribution in [0.2, 0.25) is 0 Å². The Morgan fingerprint density at radius 1 is 1.38 bits per heavy atom. The number of nitrogens with one attached hydrogen (secondary N) is 2. The van der Waals surface area contributed by atoms with Gasteiger partial charge in [0, 0.05) is 6.07 Å². The number of nitrogens with zero attached hydrogens (tertiary/aromatic N) is 1. The Bertz CT molecular complexity index is 684. The van der Waals surface area contributed by atoms with Crippen molar-refractivity contribution in [1.29, 1.82) is 0 Å². The summed E-state index contributed by atoms with van der Waals surface area (Å²) in [4.78, 5) is 22.4. The van der Waals surface area contributed by atoms with Gasteiger partial charge in [-0.3, -0.25) is 0 Å². The number of anilines is 1. The summed E-state index contributed by atoms with van der Waals surface area (Å²) in [7, 11) is 0. The lowest BCUT2D eigenvalue weighted by Crippen LogP contribution is -2.28. The number of rotatable bonds is 4. The summed E-state index contributed by atoms with van der Waals surface area (Å²) in [5.41, 5.74) is 0.171. The average molecular weight is 293 g/mol. The molecule has 0 unspecified atom stereocenters. The van der Waals surface area contributed by atoms with Gasteiger partial charge in [0.05, 0.1) is 17.8 Å². The Balaban J connectivity index is 1.99. The average Bonchev–Trinajstić information content (AvgIpc) is 2.84. The van der Waals surface area contributed by atoms with Crippen LogP contribution in [0, 0.1) is 12.7 Å². The van der Waals surface area contributed by atoms with E-state index in [-0.39, 0.29) is 17.8 Å². The first-order chi connectivity index (χ1) is 9.95. The molecule has 0 aliphatic carbocycles. The van der Waals surface area contributed by atoms with E-state index in [2.05, 4.69) is 15.8 Å². The highest BCUT2D eigenvalue weighted by Crippen LogP contribution is 2.16.